The molecule has 0 amide bonds. The lowest BCUT2D eigenvalue weighted by Gasteiger charge is -2.29. The van der Waals surface area contributed by atoms with Crippen LogP contribution in [0.2, 0.25) is 0 Å². The molecule has 0 radical (unpaired) electrons. The van der Waals surface area contributed by atoms with E-state index < -0.39 is 5.82 Å². The number of aromatic nitrogens is 5. The van der Waals surface area contributed by atoms with Crippen LogP contribution in [0.4, 0.5) is 16.0 Å². The van der Waals surface area contributed by atoms with E-state index in [9.17, 15) is 0 Å². The van der Waals surface area contributed by atoms with Gasteiger partial charge < -0.3 is 10.2 Å². The highest BCUT2D eigenvalue weighted by atomic mass is 19.1. The van der Waals surface area contributed by atoms with Gasteiger partial charge >= 0.3 is 0 Å². The first kappa shape index (κ1) is 23.7. The molecule has 9 heteroatoms. The Kier molecular flexibility index (Phi) is 7.53. The molecule has 4 aromatic rings. The van der Waals surface area contributed by atoms with Crippen LogP contribution < -0.4 is 10.2 Å². The predicted molar refractivity (Wildman–Crippen MR) is 132 cm³/mol. The molecule has 35 heavy (non-hydrogen) atoms. The summed E-state index contributed by atoms with van der Waals surface area (Å²) in [7, 11) is 0. The molecule has 0 fully saturated rings. The number of nitrogens with one attached hydrogen (secondary N) is 1. The maximum absolute atomic E-state index is 15.2. The van der Waals surface area contributed by atoms with Crippen molar-refractivity contribution < 1.29 is 4.39 Å². The van der Waals surface area contributed by atoms with Gasteiger partial charge in [0.2, 0.25) is 5.82 Å². The molecule has 1 N–H and O–H groups in total. The third-order valence-corrected chi connectivity index (χ3v) is 5.51. The Balaban J connectivity index is 0.000000917. The van der Waals surface area contributed by atoms with Crippen molar-refractivity contribution in [3.05, 3.63) is 89.6 Å². The molecule has 0 bridgehead atoms. The average Bonchev–Trinajstić information content (AvgIpc) is 2.89. The number of pyridine rings is 3. The maximum atomic E-state index is 15.2. The van der Waals surface area contributed by atoms with E-state index in [0.717, 1.165) is 40.2 Å². The van der Waals surface area contributed by atoms with Gasteiger partial charge in [-0.1, -0.05) is 12.1 Å². The molecular weight excluding hydrogens is 443 g/mol. The van der Waals surface area contributed by atoms with Gasteiger partial charge in [-0.25, -0.2) is 9.97 Å². The normalized spacial score (nSPS) is 12.1. The first-order valence-electron chi connectivity index (χ1n) is 11.2. The quantitative estimate of drug-likeness (QED) is 0.457. The molecule has 0 unspecified atom stereocenters. The second kappa shape index (κ2) is 11.1. The number of rotatable bonds is 5. The SMILES string of the molecule is CC#N.Cc1cc(-c2ccc(CNc3ncnc(N4CCc5ncccc5C4)c3F)cn2)ccn1. The highest BCUT2D eigenvalue weighted by Crippen LogP contribution is 2.27. The van der Waals surface area contributed by atoms with Gasteiger partial charge in [-0.2, -0.15) is 9.65 Å². The van der Waals surface area contributed by atoms with Crippen molar-refractivity contribution >= 4 is 11.6 Å². The molecule has 4 aromatic heterocycles. The number of nitrogens with zero attached hydrogens (tertiary/aromatic N) is 7. The van der Waals surface area contributed by atoms with E-state index in [0.29, 0.717) is 25.5 Å². The van der Waals surface area contributed by atoms with Gasteiger partial charge in [0.05, 0.1) is 11.8 Å². The van der Waals surface area contributed by atoms with Crippen LogP contribution >= 0.6 is 0 Å². The lowest BCUT2D eigenvalue weighted by molar-refractivity contribution is 0.594. The molecule has 176 valence electrons. The van der Waals surface area contributed by atoms with E-state index in [2.05, 4.69) is 30.2 Å². The molecule has 8 nitrogen and oxygen atoms in total. The molecule has 5 rings (SSSR count). The third-order valence-electron chi connectivity index (χ3n) is 5.51. The van der Waals surface area contributed by atoms with Crippen LogP contribution in [0.15, 0.2) is 61.3 Å². The summed E-state index contributed by atoms with van der Waals surface area (Å²) < 4.78 is 15.2. The topological polar surface area (TPSA) is 104 Å². The van der Waals surface area contributed by atoms with Crippen LogP contribution in [0.3, 0.4) is 0 Å². The molecule has 0 aliphatic carbocycles. The van der Waals surface area contributed by atoms with E-state index in [4.69, 9.17) is 5.26 Å². The Bertz CT molecular complexity index is 1330. The molecule has 5 heterocycles. The van der Waals surface area contributed by atoms with Crippen LogP contribution in [-0.2, 0) is 19.5 Å². The van der Waals surface area contributed by atoms with Crippen molar-refractivity contribution in [1.82, 2.24) is 24.9 Å². The highest BCUT2D eigenvalue weighted by molar-refractivity contribution is 5.59. The summed E-state index contributed by atoms with van der Waals surface area (Å²) in [5.41, 5.74) is 5.92. The number of nitriles is 1. The smallest absolute Gasteiger partial charge is 0.207 e. The zero-order valence-electron chi connectivity index (χ0n) is 19.6. The van der Waals surface area contributed by atoms with Gasteiger partial charge in [0.25, 0.3) is 0 Å². The van der Waals surface area contributed by atoms with E-state index in [1.807, 2.05) is 48.2 Å². The number of hydrogen-bond donors (Lipinski definition) is 1. The van der Waals surface area contributed by atoms with Crippen LogP contribution in [0.1, 0.15) is 29.4 Å². The second-order valence-corrected chi connectivity index (χ2v) is 7.96. The number of anilines is 2. The lowest BCUT2D eigenvalue weighted by Crippen LogP contribution is -2.32. The van der Waals surface area contributed by atoms with Crippen LogP contribution in [-0.4, -0.2) is 31.5 Å². The Morgan fingerprint density at radius 3 is 2.71 bits per heavy atom. The van der Waals surface area contributed by atoms with E-state index in [1.54, 1.807) is 24.7 Å². The van der Waals surface area contributed by atoms with Crippen LogP contribution in [0.5, 0.6) is 0 Å². The molecule has 0 aromatic carbocycles. The zero-order chi connectivity index (χ0) is 24.6. The second-order valence-electron chi connectivity index (χ2n) is 7.96. The van der Waals surface area contributed by atoms with Crippen molar-refractivity contribution in [1.29, 1.82) is 5.26 Å². The van der Waals surface area contributed by atoms with Crippen molar-refractivity contribution in [2.45, 2.75) is 33.4 Å². The largest absolute Gasteiger partial charge is 0.363 e. The van der Waals surface area contributed by atoms with Crippen molar-refractivity contribution in [3.8, 4) is 17.3 Å². The summed E-state index contributed by atoms with van der Waals surface area (Å²) in [6, 6.07) is 13.5. The first-order chi connectivity index (χ1) is 17.1. The fraction of sp³-hybridized carbons (Fsp3) is 0.231. The predicted octanol–water partition coefficient (Wildman–Crippen LogP) is 4.48. The van der Waals surface area contributed by atoms with Gasteiger partial charge in [-0.15, -0.1) is 0 Å². The third kappa shape index (κ3) is 5.73. The summed E-state index contributed by atoms with van der Waals surface area (Å²) >= 11 is 0. The minimum Gasteiger partial charge on any atom is -0.363 e. The van der Waals surface area contributed by atoms with Gasteiger partial charge in [0, 0.05) is 68.5 Å². The lowest BCUT2D eigenvalue weighted by atomic mass is 10.1. The van der Waals surface area contributed by atoms with E-state index in [-0.39, 0.29) is 5.82 Å². The molecular formula is C26H25FN8. The molecule has 0 saturated carbocycles. The number of halogens is 1. The Labute approximate surface area is 203 Å². The van der Waals surface area contributed by atoms with E-state index in [1.165, 1.54) is 13.3 Å². The Morgan fingerprint density at radius 2 is 1.94 bits per heavy atom. The minimum absolute atomic E-state index is 0.181. The number of hydrogen-bond acceptors (Lipinski definition) is 8. The Morgan fingerprint density at radius 1 is 1.09 bits per heavy atom. The molecule has 1 aliphatic heterocycles. The summed E-state index contributed by atoms with van der Waals surface area (Å²) in [5, 5.41) is 10.4. The van der Waals surface area contributed by atoms with Crippen LogP contribution in [0.25, 0.3) is 11.3 Å². The summed E-state index contributed by atoms with van der Waals surface area (Å²) in [6.45, 7) is 5.03. The van der Waals surface area contributed by atoms with Gasteiger partial charge in [-0.05, 0) is 42.3 Å². The van der Waals surface area contributed by atoms with Gasteiger partial charge in [0.15, 0.2) is 11.6 Å². The standard InChI is InChI=1S/C24H22FN7.C2H3N/c1-16-11-18(6-9-26-16)20-5-4-17(12-28-20)13-29-23-22(25)24(31-15-30-23)32-10-7-21-19(14-32)3-2-8-27-21;1-2-3/h2-6,8-9,11-12,15H,7,10,13-14H2,1H3,(H,29,30,31);1H3. The first-order valence-corrected chi connectivity index (χ1v) is 11.2. The summed E-state index contributed by atoms with van der Waals surface area (Å²) in [5.74, 6) is 0.0380. The highest BCUT2D eigenvalue weighted by Gasteiger charge is 2.22. The molecule has 1 aliphatic rings. The Hall–Kier alpha value is -4.45. The maximum Gasteiger partial charge on any atom is 0.207 e. The molecule has 0 saturated heterocycles. The molecule has 0 spiro atoms. The fourth-order valence-corrected chi connectivity index (χ4v) is 3.84. The molecule has 0 atom stereocenters. The monoisotopic (exact) mass is 468 g/mol. The van der Waals surface area contributed by atoms with Crippen molar-refractivity contribution in [2.24, 2.45) is 0 Å². The number of fused-ring (bicyclic) bond motifs is 1. The van der Waals surface area contributed by atoms with Gasteiger partial charge in [0.1, 0.15) is 6.33 Å². The summed E-state index contributed by atoms with van der Waals surface area (Å²) in [6.07, 6.45) is 7.51. The van der Waals surface area contributed by atoms with Crippen LogP contribution in [0, 0.1) is 24.1 Å². The fourth-order valence-electron chi connectivity index (χ4n) is 3.84. The van der Waals surface area contributed by atoms with Crippen molar-refractivity contribution in [2.75, 3.05) is 16.8 Å². The zero-order valence-corrected chi connectivity index (χ0v) is 19.6. The van der Waals surface area contributed by atoms with Crippen molar-refractivity contribution in [3.63, 3.8) is 0 Å². The number of aryl methyl sites for hydroxylation is 1. The average molecular weight is 469 g/mol. The van der Waals surface area contributed by atoms with Gasteiger partial charge in [-0.3, -0.25) is 15.0 Å². The minimum atomic E-state index is -0.448. The van der Waals surface area contributed by atoms with E-state index >= 15 is 4.39 Å². The summed E-state index contributed by atoms with van der Waals surface area (Å²) in [4.78, 5) is 23.4.